The van der Waals surface area contributed by atoms with E-state index < -0.39 is 0 Å². The summed E-state index contributed by atoms with van der Waals surface area (Å²) in [4.78, 5) is 30.9. The Labute approximate surface area is 187 Å². The van der Waals surface area contributed by atoms with Crippen LogP contribution < -0.4 is 15.1 Å². The van der Waals surface area contributed by atoms with Crippen molar-refractivity contribution in [1.29, 1.82) is 5.26 Å². The van der Waals surface area contributed by atoms with Crippen LogP contribution in [-0.2, 0) is 9.59 Å². The van der Waals surface area contributed by atoms with E-state index in [1.807, 2.05) is 73.7 Å². The summed E-state index contributed by atoms with van der Waals surface area (Å²) < 4.78 is 0. The van der Waals surface area contributed by atoms with Crippen LogP contribution in [0.15, 0.2) is 52.5 Å². The second kappa shape index (κ2) is 9.77. The number of thiophene rings is 1. The SMILES string of the molecule is CN1C(=C(C#N)C(=O)CCC(=O)NCC(c2ccsc2)N(C)C)N(C)c2ccccc21. The average molecular weight is 438 g/mol. The van der Waals surface area contributed by atoms with Crippen molar-refractivity contribution in [1.82, 2.24) is 10.2 Å². The van der Waals surface area contributed by atoms with Crippen LogP contribution in [0.3, 0.4) is 0 Å². The van der Waals surface area contributed by atoms with E-state index in [-0.39, 0.29) is 36.1 Å². The molecule has 0 aliphatic carbocycles. The number of fused-ring (bicyclic) bond motifs is 1. The predicted molar refractivity (Wildman–Crippen MR) is 124 cm³/mol. The molecule has 1 aromatic carbocycles. The van der Waals surface area contributed by atoms with Crippen LogP contribution in [0.1, 0.15) is 24.4 Å². The van der Waals surface area contributed by atoms with Gasteiger partial charge < -0.3 is 20.0 Å². The molecule has 1 aliphatic heterocycles. The first-order valence-electron chi connectivity index (χ1n) is 10.0. The Bertz CT molecular complexity index is 992. The zero-order chi connectivity index (χ0) is 22.5. The van der Waals surface area contributed by atoms with E-state index in [1.165, 1.54) is 0 Å². The number of carbonyl (C=O) groups excluding carboxylic acids is 2. The predicted octanol–water partition coefficient (Wildman–Crippen LogP) is 3.14. The molecule has 1 unspecified atom stereocenters. The Balaban J connectivity index is 1.63. The monoisotopic (exact) mass is 437 g/mol. The number of hydrogen-bond acceptors (Lipinski definition) is 7. The van der Waals surface area contributed by atoms with Gasteiger partial charge >= 0.3 is 0 Å². The molecular formula is C23H27N5O2S. The Kier molecular flexibility index (Phi) is 7.10. The molecule has 162 valence electrons. The van der Waals surface area contributed by atoms with Crippen LogP contribution in [-0.4, -0.2) is 51.3 Å². The maximum atomic E-state index is 12.8. The molecule has 0 fully saturated rings. The van der Waals surface area contributed by atoms with Gasteiger partial charge in [-0.25, -0.2) is 0 Å². The average Bonchev–Trinajstić information content (AvgIpc) is 3.36. The van der Waals surface area contributed by atoms with E-state index in [0.717, 1.165) is 16.9 Å². The van der Waals surface area contributed by atoms with E-state index in [4.69, 9.17) is 0 Å². The lowest BCUT2D eigenvalue weighted by Crippen LogP contribution is -2.34. The third-order valence-electron chi connectivity index (χ3n) is 5.48. The largest absolute Gasteiger partial charge is 0.354 e. The van der Waals surface area contributed by atoms with Gasteiger partial charge in [0, 0.05) is 33.5 Å². The van der Waals surface area contributed by atoms with Crippen LogP contribution in [0.4, 0.5) is 11.4 Å². The van der Waals surface area contributed by atoms with Gasteiger partial charge in [-0.05, 0) is 48.6 Å². The smallest absolute Gasteiger partial charge is 0.220 e. The standard InChI is InChI=1S/C23H27N5O2S/c1-26(2)20(16-11-12-31-15-16)14-25-22(30)10-9-21(29)17(13-24)23-27(3)18-7-5-6-8-19(18)28(23)4/h5-8,11-12,15,20H,9-10,14H2,1-4H3,(H,25,30). The van der Waals surface area contributed by atoms with Crippen molar-refractivity contribution in [3.63, 3.8) is 0 Å². The van der Waals surface area contributed by atoms with Gasteiger partial charge in [0.1, 0.15) is 17.5 Å². The van der Waals surface area contributed by atoms with E-state index >= 15 is 0 Å². The summed E-state index contributed by atoms with van der Waals surface area (Å²) >= 11 is 1.62. The van der Waals surface area contributed by atoms with Gasteiger partial charge in [-0.3, -0.25) is 9.59 Å². The molecule has 0 saturated carbocycles. The number of amides is 1. The molecule has 0 bridgehead atoms. The van der Waals surface area contributed by atoms with Crippen molar-refractivity contribution in [2.24, 2.45) is 0 Å². The van der Waals surface area contributed by atoms with Crippen molar-refractivity contribution in [2.45, 2.75) is 18.9 Å². The molecule has 0 radical (unpaired) electrons. The fourth-order valence-electron chi connectivity index (χ4n) is 3.77. The maximum absolute atomic E-state index is 12.8. The fraction of sp³-hybridized carbons (Fsp3) is 0.348. The first kappa shape index (κ1) is 22.5. The number of anilines is 2. The summed E-state index contributed by atoms with van der Waals surface area (Å²) in [6.45, 7) is 0.462. The Morgan fingerprint density at radius 2 is 1.77 bits per heavy atom. The molecule has 1 aromatic heterocycles. The molecule has 8 heteroatoms. The molecule has 7 nitrogen and oxygen atoms in total. The summed E-state index contributed by atoms with van der Waals surface area (Å²) in [7, 11) is 7.60. The van der Waals surface area contributed by atoms with Crippen molar-refractivity contribution in [3.05, 3.63) is 58.0 Å². The van der Waals surface area contributed by atoms with E-state index in [1.54, 1.807) is 11.3 Å². The van der Waals surface area contributed by atoms with Crippen molar-refractivity contribution < 1.29 is 9.59 Å². The van der Waals surface area contributed by atoms with Crippen LogP contribution in [0.5, 0.6) is 0 Å². The molecule has 1 atom stereocenters. The van der Waals surface area contributed by atoms with E-state index in [0.29, 0.717) is 12.4 Å². The highest BCUT2D eigenvalue weighted by molar-refractivity contribution is 7.08. The maximum Gasteiger partial charge on any atom is 0.220 e. The summed E-state index contributed by atoms with van der Waals surface area (Å²) in [5.41, 5.74) is 3.08. The highest BCUT2D eigenvalue weighted by atomic mass is 32.1. The topological polar surface area (TPSA) is 79.7 Å². The minimum absolute atomic E-state index is 0.0126. The summed E-state index contributed by atoms with van der Waals surface area (Å²) in [6, 6.07) is 11.9. The van der Waals surface area contributed by atoms with Gasteiger partial charge in [0.25, 0.3) is 0 Å². The second-order valence-corrected chi connectivity index (χ2v) is 8.46. The molecule has 3 rings (SSSR count). The molecule has 31 heavy (non-hydrogen) atoms. The second-order valence-electron chi connectivity index (χ2n) is 7.68. The molecule has 2 heterocycles. The lowest BCUT2D eigenvalue weighted by Gasteiger charge is -2.24. The number of nitrogens with one attached hydrogen (secondary N) is 1. The van der Waals surface area contributed by atoms with Crippen LogP contribution in [0.2, 0.25) is 0 Å². The van der Waals surface area contributed by atoms with Gasteiger partial charge in [-0.1, -0.05) is 12.1 Å². The minimum Gasteiger partial charge on any atom is -0.354 e. The number of ketones is 1. The number of nitriles is 1. The number of Topliss-reactive ketones (excluding diaryl/α,β-unsaturated/α-hetero) is 1. The molecular weight excluding hydrogens is 410 g/mol. The number of rotatable bonds is 8. The van der Waals surface area contributed by atoms with Crippen molar-refractivity contribution >= 4 is 34.4 Å². The first-order valence-corrected chi connectivity index (χ1v) is 11.0. The number of hydrogen-bond donors (Lipinski definition) is 1. The Morgan fingerprint density at radius 1 is 1.13 bits per heavy atom. The molecule has 0 saturated heterocycles. The molecule has 0 spiro atoms. The number of para-hydroxylation sites is 2. The van der Waals surface area contributed by atoms with Gasteiger partial charge in [-0.2, -0.15) is 16.6 Å². The van der Waals surface area contributed by atoms with Crippen LogP contribution >= 0.6 is 11.3 Å². The number of carbonyl (C=O) groups is 2. The van der Waals surface area contributed by atoms with Gasteiger partial charge in [-0.15, -0.1) is 0 Å². The lowest BCUT2D eigenvalue weighted by molar-refractivity contribution is -0.124. The third-order valence-corrected chi connectivity index (χ3v) is 6.18. The van der Waals surface area contributed by atoms with E-state index in [9.17, 15) is 14.9 Å². The van der Waals surface area contributed by atoms with Gasteiger partial charge in [0.2, 0.25) is 5.91 Å². The number of nitrogens with zero attached hydrogens (tertiary/aromatic N) is 4. The quantitative estimate of drug-likeness (QED) is 0.505. The minimum atomic E-state index is -0.332. The first-order chi connectivity index (χ1) is 14.8. The number of benzene rings is 1. The molecule has 1 aliphatic rings. The normalized spacial score (nSPS) is 13.7. The molecule has 1 amide bonds. The highest BCUT2D eigenvalue weighted by Gasteiger charge is 2.31. The summed E-state index contributed by atoms with van der Waals surface area (Å²) in [6.07, 6.45) is 0.0305. The van der Waals surface area contributed by atoms with Crippen LogP contribution in [0.25, 0.3) is 0 Å². The molecule has 2 aromatic rings. The van der Waals surface area contributed by atoms with Gasteiger partial charge in [0.05, 0.1) is 17.4 Å². The van der Waals surface area contributed by atoms with Gasteiger partial charge in [0.15, 0.2) is 5.78 Å². The lowest BCUT2D eigenvalue weighted by atomic mass is 10.1. The highest BCUT2D eigenvalue weighted by Crippen LogP contribution is 2.40. The van der Waals surface area contributed by atoms with Crippen molar-refractivity contribution in [2.75, 3.05) is 44.5 Å². The number of allylic oxidation sites excluding steroid dienone is 1. The summed E-state index contributed by atoms with van der Waals surface area (Å²) in [5.74, 6) is 0.00882. The third kappa shape index (κ3) is 4.79. The van der Waals surface area contributed by atoms with E-state index in [2.05, 4.69) is 21.7 Å². The van der Waals surface area contributed by atoms with Crippen LogP contribution in [0, 0.1) is 11.3 Å². The zero-order valence-electron chi connectivity index (χ0n) is 18.3. The fourth-order valence-corrected chi connectivity index (χ4v) is 4.48. The van der Waals surface area contributed by atoms with Crippen molar-refractivity contribution in [3.8, 4) is 6.07 Å². The zero-order valence-corrected chi connectivity index (χ0v) is 19.1. The number of likely N-dealkylation sites (N-methyl/N-ethyl adjacent to an activating group) is 1. The molecule has 1 N–H and O–H groups in total. The Hall–Kier alpha value is -3.15. The Morgan fingerprint density at radius 3 is 2.29 bits per heavy atom. The summed E-state index contributed by atoms with van der Waals surface area (Å²) in [5, 5.41) is 16.7.